The predicted molar refractivity (Wildman–Crippen MR) is 39.6 cm³/mol. The molecule has 0 aliphatic carbocycles. The van der Waals surface area contributed by atoms with E-state index in [-0.39, 0.29) is 0 Å². The minimum Gasteiger partial charge on any atom is -0.301 e. The van der Waals surface area contributed by atoms with E-state index in [0.29, 0.717) is 0 Å². The van der Waals surface area contributed by atoms with Crippen LogP contribution in [0.4, 0.5) is 0 Å². The van der Waals surface area contributed by atoms with Gasteiger partial charge in [0.1, 0.15) is 0 Å². The molecule has 4 unspecified atom stereocenters. The Morgan fingerprint density at radius 3 is 2.80 bits per heavy atom. The molecule has 2 nitrogen and oxygen atoms in total. The van der Waals surface area contributed by atoms with E-state index in [1.165, 1.54) is 32.5 Å². The van der Waals surface area contributed by atoms with E-state index in [4.69, 9.17) is 0 Å². The van der Waals surface area contributed by atoms with Crippen molar-refractivity contribution in [3.8, 4) is 0 Å². The minimum atomic E-state index is 0.767. The van der Waals surface area contributed by atoms with Gasteiger partial charge in [0.05, 0.1) is 6.17 Å². The van der Waals surface area contributed by atoms with Gasteiger partial charge in [-0.05, 0) is 31.2 Å². The summed E-state index contributed by atoms with van der Waals surface area (Å²) >= 11 is 0. The Kier molecular flexibility index (Phi) is 0.968. The van der Waals surface area contributed by atoms with Gasteiger partial charge >= 0.3 is 0 Å². The molecule has 5 aliphatic heterocycles. The van der Waals surface area contributed by atoms with Crippen molar-refractivity contribution in [2.24, 2.45) is 11.8 Å². The molecule has 1 N–H and O–H groups in total. The summed E-state index contributed by atoms with van der Waals surface area (Å²) in [6.07, 6.45) is 3.68. The molecule has 0 aromatic carbocycles. The lowest BCUT2D eigenvalue weighted by Crippen LogP contribution is -2.66. The van der Waals surface area contributed by atoms with Crippen molar-refractivity contribution in [1.29, 1.82) is 0 Å². The van der Waals surface area contributed by atoms with Crippen molar-refractivity contribution in [1.82, 2.24) is 10.2 Å². The molecule has 0 aromatic rings. The lowest BCUT2D eigenvalue weighted by atomic mass is 9.74. The summed E-state index contributed by atoms with van der Waals surface area (Å²) in [6, 6.07) is 0. The second kappa shape index (κ2) is 1.74. The van der Waals surface area contributed by atoms with Gasteiger partial charge in [0.2, 0.25) is 0 Å². The number of fused-ring (bicyclic) bond motifs is 2. The number of hydrogen-bond acceptors (Lipinski definition) is 2. The quantitative estimate of drug-likeness (QED) is 0.516. The molecule has 5 heterocycles. The molecule has 5 aliphatic rings. The van der Waals surface area contributed by atoms with Crippen molar-refractivity contribution in [2.45, 2.75) is 19.0 Å². The molecule has 0 aromatic heterocycles. The average Bonchev–Trinajstić information content (AvgIpc) is 2.05. The van der Waals surface area contributed by atoms with Crippen molar-refractivity contribution < 1.29 is 0 Å². The Labute approximate surface area is 61.6 Å². The summed E-state index contributed by atoms with van der Waals surface area (Å²) in [6.45, 7) is 4.05. The highest BCUT2D eigenvalue weighted by Gasteiger charge is 2.43. The normalized spacial score (nSPS) is 57.6. The maximum Gasteiger partial charge on any atom is 0.0600 e. The maximum absolute atomic E-state index is 3.58. The molecule has 0 radical (unpaired) electrons. The zero-order chi connectivity index (χ0) is 6.55. The topological polar surface area (TPSA) is 15.3 Å². The first kappa shape index (κ1) is 5.56. The van der Waals surface area contributed by atoms with E-state index < -0.39 is 0 Å². The standard InChI is InChI=1S/C8H14N2/c1-2-10-5-7-4-9-8(10)3-6(1)7/h6-9H,1-5H2. The van der Waals surface area contributed by atoms with Crippen LogP contribution in [0.15, 0.2) is 0 Å². The highest BCUT2D eigenvalue weighted by Crippen LogP contribution is 2.38. The van der Waals surface area contributed by atoms with Crippen LogP contribution in [0.5, 0.6) is 0 Å². The van der Waals surface area contributed by atoms with Crippen LogP contribution in [-0.4, -0.2) is 30.7 Å². The van der Waals surface area contributed by atoms with Crippen molar-refractivity contribution in [3.05, 3.63) is 0 Å². The maximum atomic E-state index is 3.58. The van der Waals surface area contributed by atoms with Gasteiger partial charge in [-0.1, -0.05) is 0 Å². The molecular formula is C8H14N2. The van der Waals surface area contributed by atoms with Crippen LogP contribution in [0.25, 0.3) is 0 Å². The van der Waals surface area contributed by atoms with Gasteiger partial charge in [-0.15, -0.1) is 0 Å². The number of rotatable bonds is 0. The third-order valence-corrected chi connectivity index (χ3v) is 3.51. The summed E-state index contributed by atoms with van der Waals surface area (Å²) < 4.78 is 0. The van der Waals surface area contributed by atoms with Crippen LogP contribution in [-0.2, 0) is 0 Å². The first-order chi connectivity index (χ1) is 4.93. The molecule has 0 amide bonds. The van der Waals surface area contributed by atoms with Gasteiger partial charge in [0.25, 0.3) is 0 Å². The van der Waals surface area contributed by atoms with Gasteiger partial charge in [-0.2, -0.15) is 0 Å². The smallest absolute Gasteiger partial charge is 0.0600 e. The second-order valence-electron chi connectivity index (χ2n) is 3.96. The first-order valence-corrected chi connectivity index (χ1v) is 4.41. The van der Waals surface area contributed by atoms with E-state index in [9.17, 15) is 0 Å². The molecule has 4 bridgehead atoms. The van der Waals surface area contributed by atoms with Crippen LogP contribution >= 0.6 is 0 Å². The largest absolute Gasteiger partial charge is 0.301 e. The predicted octanol–water partition coefficient (Wildman–Crippen LogP) is 0.258. The van der Waals surface area contributed by atoms with Gasteiger partial charge in [0.15, 0.2) is 0 Å². The number of nitrogens with one attached hydrogen (secondary N) is 1. The molecule has 2 heteroatoms. The summed E-state index contributed by atoms with van der Waals surface area (Å²) in [4.78, 5) is 2.62. The first-order valence-electron chi connectivity index (χ1n) is 4.41. The van der Waals surface area contributed by atoms with Crippen LogP contribution in [0.3, 0.4) is 0 Å². The fourth-order valence-corrected chi connectivity index (χ4v) is 2.87. The Balaban J connectivity index is 1.94. The Hall–Kier alpha value is -0.0800. The monoisotopic (exact) mass is 138 g/mol. The highest BCUT2D eigenvalue weighted by atomic mass is 15.3. The zero-order valence-electron chi connectivity index (χ0n) is 6.21. The molecule has 0 saturated carbocycles. The molecule has 10 heavy (non-hydrogen) atoms. The minimum absolute atomic E-state index is 0.767. The lowest BCUT2D eigenvalue weighted by Gasteiger charge is -2.55. The highest BCUT2D eigenvalue weighted by molar-refractivity contribution is 4.96. The van der Waals surface area contributed by atoms with E-state index in [0.717, 1.165) is 18.0 Å². The fourth-order valence-electron chi connectivity index (χ4n) is 2.87. The van der Waals surface area contributed by atoms with Crippen LogP contribution in [0.1, 0.15) is 12.8 Å². The van der Waals surface area contributed by atoms with Crippen molar-refractivity contribution in [2.75, 3.05) is 19.6 Å². The molecule has 5 fully saturated rings. The van der Waals surface area contributed by atoms with Crippen LogP contribution < -0.4 is 5.32 Å². The Bertz CT molecular complexity index is 123. The third-order valence-electron chi connectivity index (χ3n) is 3.51. The molecule has 5 rings (SSSR count). The van der Waals surface area contributed by atoms with Gasteiger partial charge in [-0.3, -0.25) is 4.90 Å². The molecule has 5 saturated heterocycles. The summed E-state index contributed by atoms with van der Waals surface area (Å²) in [7, 11) is 0. The van der Waals surface area contributed by atoms with E-state index in [1.807, 2.05) is 0 Å². The fraction of sp³-hybridized carbons (Fsp3) is 1.00. The summed E-state index contributed by atoms with van der Waals surface area (Å²) in [5.41, 5.74) is 0. The zero-order valence-corrected chi connectivity index (χ0v) is 6.21. The Morgan fingerprint density at radius 1 is 1.30 bits per heavy atom. The van der Waals surface area contributed by atoms with E-state index in [2.05, 4.69) is 10.2 Å². The van der Waals surface area contributed by atoms with Crippen LogP contribution in [0, 0.1) is 11.8 Å². The van der Waals surface area contributed by atoms with Crippen molar-refractivity contribution in [3.63, 3.8) is 0 Å². The lowest BCUT2D eigenvalue weighted by molar-refractivity contribution is -0.0541. The number of hydrogen-bond donors (Lipinski definition) is 1. The molecule has 4 atom stereocenters. The Morgan fingerprint density at radius 2 is 2.30 bits per heavy atom. The van der Waals surface area contributed by atoms with E-state index in [1.54, 1.807) is 0 Å². The summed E-state index contributed by atoms with van der Waals surface area (Å²) in [5.74, 6) is 2.08. The third kappa shape index (κ3) is 0.565. The average molecular weight is 138 g/mol. The number of nitrogens with zero attached hydrogens (tertiary/aromatic N) is 1. The molecule has 56 valence electrons. The summed E-state index contributed by atoms with van der Waals surface area (Å²) in [5, 5.41) is 3.58. The molecular weight excluding hydrogens is 124 g/mol. The second-order valence-corrected chi connectivity index (χ2v) is 3.96. The van der Waals surface area contributed by atoms with Gasteiger partial charge < -0.3 is 5.32 Å². The SMILES string of the molecule is C1CN2CC3CNC2CC13. The van der Waals surface area contributed by atoms with Crippen molar-refractivity contribution >= 4 is 0 Å². The van der Waals surface area contributed by atoms with Crippen LogP contribution in [0.2, 0.25) is 0 Å². The van der Waals surface area contributed by atoms with Gasteiger partial charge in [0, 0.05) is 13.1 Å². The number of piperidine rings is 4. The molecule has 0 spiro atoms. The van der Waals surface area contributed by atoms with E-state index >= 15 is 0 Å². The van der Waals surface area contributed by atoms with Gasteiger partial charge in [-0.25, -0.2) is 0 Å².